The minimum atomic E-state index is 0.297. The lowest BCUT2D eigenvalue weighted by Crippen LogP contribution is -1.99. The quantitative estimate of drug-likeness (QED) is 0.668. The number of hydrogen-bond acceptors (Lipinski definition) is 4. The van der Waals surface area contributed by atoms with Crippen molar-refractivity contribution in [3.05, 3.63) is 54.1 Å². The van der Waals surface area contributed by atoms with E-state index in [4.69, 9.17) is 10.00 Å². The van der Waals surface area contributed by atoms with Crippen molar-refractivity contribution in [2.75, 3.05) is 12.4 Å². The van der Waals surface area contributed by atoms with Crippen molar-refractivity contribution in [2.45, 2.75) is 4.90 Å². The van der Waals surface area contributed by atoms with Gasteiger partial charge in [0.15, 0.2) is 0 Å². The molecule has 2 aromatic rings. The second-order valence-corrected chi connectivity index (χ2v) is 4.94. The fourth-order valence-corrected chi connectivity index (χ4v) is 2.29. The molecule has 96 valence electrons. The van der Waals surface area contributed by atoms with Crippen LogP contribution in [0.1, 0.15) is 5.56 Å². The van der Waals surface area contributed by atoms with Gasteiger partial charge in [-0.15, -0.1) is 11.8 Å². The number of thioether (sulfide) groups is 1. The van der Waals surface area contributed by atoms with Gasteiger partial charge in [0.25, 0.3) is 0 Å². The molecule has 2 aromatic carbocycles. The van der Waals surface area contributed by atoms with E-state index in [0.717, 1.165) is 16.4 Å². The summed E-state index contributed by atoms with van der Waals surface area (Å²) in [6, 6.07) is 16.3. The van der Waals surface area contributed by atoms with E-state index in [1.807, 2.05) is 12.1 Å². The highest BCUT2D eigenvalue weighted by molar-refractivity contribution is 7.99. The predicted molar refractivity (Wildman–Crippen MR) is 75.5 cm³/mol. The zero-order valence-corrected chi connectivity index (χ0v) is 11.1. The largest absolute Gasteiger partial charge is 0.507 e. The molecule has 0 aliphatic heterocycles. The Labute approximate surface area is 116 Å². The van der Waals surface area contributed by atoms with E-state index in [1.165, 1.54) is 0 Å². The summed E-state index contributed by atoms with van der Waals surface area (Å²) in [6.45, 7) is 0.547. The topological polar surface area (TPSA) is 53.2 Å². The van der Waals surface area contributed by atoms with Crippen LogP contribution in [0.3, 0.4) is 0 Å². The van der Waals surface area contributed by atoms with Crippen molar-refractivity contribution in [3.8, 4) is 17.6 Å². The molecule has 0 spiro atoms. The average Bonchev–Trinajstić information content (AvgIpc) is 2.46. The smallest absolute Gasteiger partial charge is 0.129 e. The summed E-state index contributed by atoms with van der Waals surface area (Å²) in [4.78, 5) is 0.853. The van der Waals surface area contributed by atoms with Crippen LogP contribution in [-0.2, 0) is 0 Å². The van der Waals surface area contributed by atoms with Crippen molar-refractivity contribution in [1.29, 1.82) is 5.26 Å². The molecule has 0 aliphatic carbocycles. The molecule has 0 amide bonds. The van der Waals surface area contributed by atoms with E-state index in [-0.39, 0.29) is 0 Å². The van der Waals surface area contributed by atoms with Crippen LogP contribution in [0.4, 0.5) is 0 Å². The Morgan fingerprint density at radius 2 is 1.84 bits per heavy atom. The van der Waals surface area contributed by atoms with Crippen molar-refractivity contribution >= 4 is 11.8 Å². The molecule has 0 atom stereocenters. The number of phenols is 1. The minimum absolute atomic E-state index is 0.297. The Morgan fingerprint density at radius 1 is 1.11 bits per heavy atom. The highest BCUT2D eigenvalue weighted by Crippen LogP contribution is 2.27. The first-order chi connectivity index (χ1) is 9.29. The maximum atomic E-state index is 9.59. The minimum Gasteiger partial charge on any atom is -0.507 e. The van der Waals surface area contributed by atoms with Crippen LogP contribution < -0.4 is 4.74 Å². The molecule has 0 heterocycles. The van der Waals surface area contributed by atoms with Gasteiger partial charge in [0.05, 0.1) is 18.2 Å². The number of aromatic hydroxyl groups is 1. The number of nitriles is 1. The molecule has 0 radical (unpaired) electrons. The van der Waals surface area contributed by atoms with Crippen molar-refractivity contribution in [1.82, 2.24) is 0 Å². The Balaban J connectivity index is 1.78. The van der Waals surface area contributed by atoms with Gasteiger partial charge in [-0.1, -0.05) is 12.1 Å². The third kappa shape index (κ3) is 3.94. The number of hydrogen-bond donors (Lipinski definition) is 1. The van der Waals surface area contributed by atoms with Crippen molar-refractivity contribution in [3.63, 3.8) is 0 Å². The molecule has 1 N–H and O–H groups in total. The second-order valence-electron chi connectivity index (χ2n) is 3.80. The van der Waals surface area contributed by atoms with Crippen LogP contribution in [0.5, 0.6) is 11.5 Å². The van der Waals surface area contributed by atoms with Gasteiger partial charge in [-0.25, -0.2) is 0 Å². The van der Waals surface area contributed by atoms with Gasteiger partial charge < -0.3 is 9.84 Å². The van der Waals surface area contributed by atoms with Gasteiger partial charge in [-0.05, 0) is 36.4 Å². The van der Waals surface area contributed by atoms with Gasteiger partial charge in [-0.2, -0.15) is 5.26 Å². The number of benzene rings is 2. The predicted octanol–water partition coefficient (Wildman–Crippen LogP) is 3.43. The molecule has 19 heavy (non-hydrogen) atoms. The first-order valence-corrected chi connectivity index (χ1v) is 6.82. The van der Waals surface area contributed by atoms with E-state index in [2.05, 4.69) is 6.07 Å². The normalized spacial score (nSPS) is 9.84. The monoisotopic (exact) mass is 271 g/mol. The maximum absolute atomic E-state index is 9.59. The highest BCUT2D eigenvalue weighted by atomic mass is 32.2. The van der Waals surface area contributed by atoms with Crippen LogP contribution in [0.15, 0.2) is 53.4 Å². The van der Waals surface area contributed by atoms with Crippen LogP contribution in [0, 0.1) is 11.3 Å². The lowest BCUT2D eigenvalue weighted by molar-refractivity contribution is 0.344. The fourth-order valence-electron chi connectivity index (χ4n) is 1.52. The molecule has 0 bridgehead atoms. The summed E-state index contributed by atoms with van der Waals surface area (Å²) >= 11 is 1.55. The van der Waals surface area contributed by atoms with Crippen LogP contribution in [0.2, 0.25) is 0 Å². The molecule has 0 aromatic heterocycles. The molecule has 2 rings (SSSR count). The third-order valence-corrected chi connectivity index (χ3v) is 3.49. The van der Waals surface area contributed by atoms with E-state index in [9.17, 15) is 5.11 Å². The number of para-hydroxylation sites is 1. The van der Waals surface area contributed by atoms with Gasteiger partial charge >= 0.3 is 0 Å². The SMILES string of the molecule is N#Cc1ccc(OCCSc2ccccc2O)cc1. The van der Waals surface area contributed by atoms with E-state index in [0.29, 0.717) is 17.9 Å². The fraction of sp³-hybridized carbons (Fsp3) is 0.133. The molecule has 0 aliphatic rings. The lowest BCUT2D eigenvalue weighted by atomic mass is 10.2. The van der Waals surface area contributed by atoms with Gasteiger partial charge in [0.2, 0.25) is 0 Å². The Kier molecular flexibility index (Phi) is 4.71. The molecule has 0 unspecified atom stereocenters. The Bertz CT molecular complexity index is 575. The number of nitrogens with zero attached hydrogens (tertiary/aromatic N) is 1. The average molecular weight is 271 g/mol. The molecule has 0 saturated carbocycles. The van der Waals surface area contributed by atoms with E-state index in [1.54, 1.807) is 48.2 Å². The highest BCUT2D eigenvalue weighted by Gasteiger charge is 2.00. The standard InChI is InChI=1S/C15H13NO2S/c16-11-12-5-7-13(8-6-12)18-9-10-19-15-4-2-1-3-14(15)17/h1-8,17H,9-10H2. The maximum Gasteiger partial charge on any atom is 0.129 e. The first kappa shape index (κ1) is 13.3. The van der Waals surface area contributed by atoms with Gasteiger partial charge in [0.1, 0.15) is 11.5 Å². The molecule has 4 heteroatoms. The van der Waals surface area contributed by atoms with Gasteiger partial charge in [0, 0.05) is 10.6 Å². The van der Waals surface area contributed by atoms with E-state index >= 15 is 0 Å². The zero-order valence-electron chi connectivity index (χ0n) is 10.2. The van der Waals surface area contributed by atoms with Crippen LogP contribution >= 0.6 is 11.8 Å². The lowest BCUT2D eigenvalue weighted by Gasteiger charge is -2.06. The third-order valence-electron chi connectivity index (χ3n) is 2.46. The summed E-state index contributed by atoms with van der Waals surface area (Å²) in [5, 5.41) is 18.3. The van der Waals surface area contributed by atoms with Crippen LogP contribution in [0.25, 0.3) is 0 Å². The van der Waals surface area contributed by atoms with Crippen molar-refractivity contribution in [2.24, 2.45) is 0 Å². The first-order valence-electron chi connectivity index (χ1n) is 5.83. The second kappa shape index (κ2) is 6.72. The summed E-state index contributed by atoms with van der Waals surface area (Å²) < 4.78 is 5.56. The zero-order chi connectivity index (χ0) is 13.5. The molecule has 0 saturated heterocycles. The Hall–Kier alpha value is -2.12. The summed E-state index contributed by atoms with van der Waals surface area (Å²) in [5.41, 5.74) is 0.621. The van der Waals surface area contributed by atoms with E-state index < -0.39 is 0 Å². The summed E-state index contributed by atoms with van der Waals surface area (Å²) in [5.74, 6) is 1.79. The summed E-state index contributed by atoms with van der Waals surface area (Å²) in [6.07, 6.45) is 0. The molecule has 3 nitrogen and oxygen atoms in total. The van der Waals surface area contributed by atoms with Gasteiger partial charge in [-0.3, -0.25) is 0 Å². The molecular formula is C15H13NO2S. The number of rotatable bonds is 5. The Morgan fingerprint density at radius 3 is 2.53 bits per heavy atom. The number of ether oxygens (including phenoxy) is 1. The number of phenolic OH excluding ortho intramolecular Hbond substituents is 1. The summed E-state index contributed by atoms with van der Waals surface area (Å²) in [7, 11) is 0. The van der Waals surface area contributed by atoms with Crippen molar-refractivity contribution < 1.29 is 9.84 Å². The molecule has 0 fully saturated rings. The molecular weight excluding hydrogens is 258 g/mol. The van der Waals surface area contributed by atoms with Crippen LogP contribution in [-0.4, -0.2) is 17.5 Å².